The van der Waals surface area contributed by atoms with E-state index in [0.29, 0.717) is 23.5 Å². The second kappa shape index (κ2) is 8.47. The Hall–Kier alpha value is -2.15. The van der Waals surface area contributed by atoms with Gasteiger partial charge in [0.2, 0.25) is 11.8 Å². The van der Waals surface area contributed by atoms with Crippen LogP contribution < -0.4 is 10.1 Å². The summed E-state index contributed by atoms with van der Waals surface area (Å²) in [5.41, 5.74) is 0.526. The molecule has 3 aliphatic rings. The van der Waals surface area contributed by atoms with Crippen LogP contribution in [0.3, 0.4) is 0 Å². The van der Waals surface area contributed by atoms with Gasteiger partial charge in [-0.1, -0.05) is 0 Å². The molecule has 1 atom stereocenters. The molecule has 4 rings (SSSR count). The second-order valence-corrected chi connectivity index (χ2v) is 8.20. The lowest BCUT2D eigenvalue weighted by Gasteiger charge is -2.42. The summed E-state index contributed by atoms with van der Waals surface area (Å²) in [6, 6.07) is 4.43. The first-order valence-corrected chi connectivity index (χ1v) is 10.5. The summed E-state index contributed by atoms with van der Waals surface area (Å²) in [4.78, 5) is 33.8. The van der Waals surface area contributed by atoms with Crippen LogP contribution in [-0.2, 0) is 4.79 Å². The van der Waals surface area contributed by atoms with Crippen LogP contribution in [0.1, 0.15) is 48.9 Å². The van der Waals surface area contributed by atoms with E-state index in [-0.39, 0.29) is 17.7 Å². The van der Waals surface area contributed by atoms with E-state index in [0.717, 1.165) is 64.7 Å². The van der Waals surface area contributed by atoms with Gasteiger partial charge < -0.3 is 15.0 Å². The predicted molar refractivity (Wildman–Crippen MR) is 105 cm³/mol. The Morgan fingerprint density at radius 3 is 2.64 bits per heavy atom. The van der Waals surface area contributed by atoms with E-state index in [1.165, 1.54) is 7.11 Å². The Balaban J connectivity index is 1.31. The van der Waals surface area contributed by atoms with E-state index in [1.807, 2.05) is 4.90 Å². The van der Waals surface area contributed by atoms with Gasteiger partial charge in [-0.05, 0) is 57.2 Å². The average Bonchev–Trinajstić information content (AvgIpc) is 3.57. The Bertz CT molecular complexity index is 713. The van der Waals surface area contributed by atoms with Crippen molar-refractivity contribution in [1.82, 2.24) is 20.1 Å². The molecule has 0 aromatic carbocycles. The maximum Gasteiger partial charge on any atom is 0.259 e. The number of methoxy groups -OCH3 is 1. The highest BCUT2D eigenvalue weighted by atomic mass is 16.5. The van der Waals surface area contributed by atoms with Gasteiger partial charge in [0, 0.05) is 37.9 Å². The monoisotopic (exact) mass is 386 g/mol. The third-order valence-corrected chi connectivity index (χ3v) is 6.21. The quantitative estimate of drug-likeness (QED) is 0.834. The number of nitrogens with zero attached hydrogens (tertiary/aromatic N) is 3. The topological polar surface area (TPSA) is 74.8 Å². The summed E-state index contributed by atoms with van der Waals surface area (Å²) >= 11 is 0. The number of amides is 2. The minimum Gasteiger partial charge on any atom is -0.480 e. The molecule has 3 heterocycles. The summed E-state index contributed by atoms with van der Waals surface area (Å²) in [6.45, 7) is 3.38. The number of piperidine rings is 2. The second-order valence-electron chi connectivity index (χ2n) is 8.20. The first-order valence-electron chi connectivity index (χ1n) is 10.5. The highest BCUT2D eigenvalue weighted by molar-refractivity contribution is 5.96. The van der Waals surface area contributed by atoms with E-state index >= 15 is 0 Å². The zero-order chi connectivity index (χ0) is 19.5. The number of ether oxygens (including phenoxy) is 1. The Kier molecular flexibility index (Phi) is 5.80. The smallest absolute Gasteiger partial charge is 0.259 e. The average molecular weight is 386 g/mol. The molecule has 0 bridgehead atoms. The molecular weight excluding hydrogens is 356 g/mol. The summed E-state index contributed by atoms with van der Waals surface area (Å²) in [5.74, 6) is 0.732. The molecule has 2 aliphatic heterocycles. The molecule has 1 saturated carbocycles. The van der Waals surface area contributed by atoms with Gasteiger partial charge in [0.25, 0.3) is 5.91 Å². The van der Waals surface area contributed by atoms with Crippen LogP contribution in [0.15, 0.2) is 18.3 Å². The van der Waals surface area contributed by atoms with Gasteiger partial charge in [-0.15, -0.1) is 0 Å². The Morgan fingerprint density at radius 1 is 1.14 bits per heavy atom. The standard InChI is InChI=1S/C21H30N4O3/c1-28-20-18(5-2-10-22-20)21(27)24-12-8-17(9-13-24)25-11-3-4-15(14-25)19(26)23-16-6-7-16/h2,5,10,15-17H,3-4,6-9,11-14H2,1H3,(H,23,26)/t15-/m1/s1. The number of aromatic nitrogens is 1. The zero-order valence-electron chi connectivity index (χ0n) is 16.6. The third kappa shape index (κ3) is 4.29. The molecule has 3 fully saturated rings. The first kappa shape index (κ1) is 19.2. The highest BCUT2D eigenvalue weighted by Crippen LogP contribution is 2.27. The number of rotatable bonds is 5. The van der Waals surface area contributed by atoms with E-state index in [1.54, 1.807) is 18.3 Å². The van der Waals surface area contributed by atoms with E-state index in [2.05, 4.69) is 15.2 Å². The molecular formula is C21H30N4O3. The molecule has 0 spiro atoms. The van der Waals surface area contributed by atoms with Crippen LogP contribution in [0.5, 0.6) is 5.88 Å². The predicted octanol–water partition coefficient (Wildman–Crippen LogP) is 1.69. The fourth-order valence-electron chi connectivity index (χ4n) is 4.42. The Labute approximate surface area is 166 Å². The van der Waals surface area contributed by atoms with Crippen LogP contribution in [0.2, 0.25) is 0 Å². The molecule has 7 nitrogen and oxygen atoms in total. The number of hydrogen-bond donors (Lipinski definition) is 1. The molecule has 1 N–H and O–H groups in total. The van der Waals surface area contributed by atoms with Crippen LogP contribution in [0.4, 0.5) is 0 Å². The van der Waals surface area contributed by atoms with Gasteiger partial charge in [-0.2, -0.15) is 0 Å². The lowest BCUT2D eigenvalue weighted by atomic mass is 9.93. The highest BCUT2D eigenvalue weighted by Gasteiger charge is 2.34. The van der Waals surface area contributed by atoms with Gasteiger partial charge in [-0.25, -0.2) is 4.98 Å². The lowest BCUT2D eigenvalue weighted by molar-refractivity contribution is -0.127. The lowest BCUT2D eigenvalue weighted by Crippen LogP contribution is -2.51. The Morgan fingerprint density at radius 2 is 1.93 bits per heavy atom. The van der Waals surface area contributed by atoms with Gasteiger partial charge in [0.05, 0.1) is 13.0 Å². The first-order chi connectivity index (χ1) is 13.7. The summed E-state index contributed by atoms with van der Waals surface area (Å²) in [7, 11) is 1.54. The van der Waals surface area contributed by atoms with E-state index < -0.39 is 0 Å². The van der Waals surface area contributed by atoms with Crippen LogP contribution in [0.25, 0.3) is 0 Å². The van der Waals surface area contributed by atoms with Gasteiger partial charge in [-0.3, -0.25) is 14.5 Å². The van der Waals surface area contributed by atoms with Crippen molar-refractivity contribution in [1.29, 1.82) is 0 Å². The third-order valence-electron chi connectivity index (χ3n) is 6.21. The maximum absolute atomic E-state index is 12.9. The number of hydrogen-bond acceptors (Lipinski definition) is 5. The van der Waals surface area contributed by atoms with Crippen LogP contribution in [-0.4, -0.2) is 72.0 Å². The molecule has 2 amide bonds. The van der Waals surface area contributed by atoms with Crippen molar-refractivity contribution in [3.05, 3.63) is 23.9 Å². The minimum atomic E-state index is -0.0104. The molecule has 1 aromatic rings. The van der Waals surface area contributed by atoms with Crippen molar-refractivity contribution in [3.8, 4) is 5.88 Å². The number of carbonyl (C=O) groups is 2. The van der Waals surface area contributed by atoms with Crippen LogP contribution in [0, 0.1) is 5.92 Å². The fourth-order valence-corrected chi connectivity index (χ4v) is 4.42. The molecule has 1 aromatic heterocycles. The van der Waals surface area contributed by atoms with Gasteiger partial charge in [0.15, 0.2) is 0 Å². The normalized spacial score (nSPS) is 24.0. The number of pyridine rings is 1. The van der Waals surface area contributed by atoms with Crippen molar-refractivity contribution in [2.45, 2.75) is 50.6 Å². The SMILES string of the molecule is COc1ncccc1C(=O)N1CCC(N2CCC[C@@H](C(=O)NC3CC3)C2)CC1. The molecule has 0 radical (unpaired) electrons. The molecule has 7 heteroatoms. The fraction of sp³-hybridized carbons (Fsp3) is 0.667. The van der Waals surface area contributed by atoms with Crippen molar-refractivity contribution in [3.63, 3.8) is 0 Å². The molecule has 2 saturated heterocycles. The number of carbonyl (C=O) groups excluding carboxylic acids is 2. The molecule has 1 aliphatic carbocycles. The largest absolute Gasteiger partial charge is 0.480 e. The minimum absolute atomic E-state index is 0.0104. The molecule has 0 unspecified atom stereocenters. The number of nitrogens with one attached hydrogen (secondary N) is 1. The summed E-state index contributed by atoms with van der Waals surface area (Å²) < 4.78 is 5.23. The molecule has 28 heavy (non-hydrogen) atoms. The maximum atomic E-state index is 12.9. The van der Waals surface area contributed by atoms with Crippen LogP contribution >= 0.6 is 0 Å². The van der Waals surface area contributed by atoms with Crippen molar-refractivity contribution in [2.24, 2.45) is 5.92 Å². The van der Waals surface area contributed by atoms with Crippen molar-refractivity contribution < 1.29 is 14.3 Å². The van der Waals surface area contributed by atoms with E-state index in [4.69, 9.17) is 4.74 Å². The van der Waals surface area contributed by atoms with Crippen molar-refractivity contribution in [2.75, 3.05) is 33.3 Å². The molecule has 152 valence electrons. The summed E-state index contributed by atoms with van der Waals surface area (Å²) in [5, 5.41) is 3.16. The van der Waals surface area contributed by atoms with Crippen molar-refractivity contribution >= 4 is 11.8 Å². The summed E-state index contributed by atoms with van der Waals surface area (Å²) in [6.07, 6.45) is 7.87. The number of likely N-dealkylation sites (tertiary alicyclic amines) is 2. The van der Waals surface area contributed by atoms with Gasteiger partial charge in [0.1, 0.15) is 5.56 Å². The van der Waals surface area contributed by atoms with E-state index in [9.17, 15) is 9.59 Å². The van der Waals surface area contributed by atoms with Gasteiger partial charge >= 0.3 is 0 Å². The zero-order valence-corrected chi connectivity index (χ0v) is 16.6.